The summed E-state index contributed by atoms with van der Waals surface area (Å²) >= 11 is 0. The second-order valence-electron chi connectivity index (χ2n) is 7.43. The molecule has 0 unspecified atom stereocenters. The molecular weight excluding hydrogens is 288 g/mol. The van der Waals surface area contributed by atoms with E-state index in [4.69, 9.17) is 4.74 Å². The van der Waals surface area contributed by atoms with Crippen molar-refractivity contribution in [3.05, 3.63) is 35.9 Å². The SMILES string of the molecule is CC1(C)CN(C(=O)CCN2CCOCC2)C[C@H]1c1ccccc1. The first-order valence-electron chi connectivity index (χ1n) is 8.69. The number of hydrogen-bond acceptors (Lipinski definition) is 3. The Morgan fingerprint density at radius 3 is 2.61 bits per heavy atom. The average molecular weight is 316 g/mol. The van der Waals surface area contributed by atoms with Crippen molar-refractivity contribution in [2.24, 2.45) is 5.41 Å². The van der Waals surface area contributed by atoms with Gasteiger partial charge in [0.2, 0.25) is 5.91 Å². The van der Waals surface area contributed by atoms with Gasteiger partial charge < -0.3 is 9.64 Å². The molecule has 1 aromatic rings. The Labute approximate surface area is 139 Å². The molecule has 0 aromatic heterocycles. The van der Waals surface area contributed by atoms with Gasteiger partial charge in [-0.25, -0.2) is 0 Å². The van der Waals surface area contributed by atoms with E-state index in [0.29, 0.717) is 18.2 Å². The van der Waals surface area contributed by atoms with Crippen molar-refractivity contribution in [1.29, 1.82) is 0 Å². The van der Waals surface area contributed by atoms with Crippen molar-refractivity contribution in [2.75, 3.05) is 45.9 Å². The van der Waals surface area contributed by atoms with Crippen LogP contribution in [0.4, 0.5) is 0 Å². The van der Waals surface area contributed by atoms with E-state index >= 15 is 0 Å². The van der Waals surface area contributed by atoms with Gasteiger partial charge in [0.1, 0.15) is 0 Å². The maximum Gasteiger partial charge on any atom is 0.223 e. The molecule has 2 aliphatic rings. The van der Waals surface area contributed by atoms with E-state index in [1.54, 1.807) is 0 Å². The molecule has 0 aliphatic carbocycles. The fraction of sp³-hybridized carbons (Fsp3) is 0.632. The second kappa shape index (κ2) is 7.02. The van der Waals surface area contributed by atoms with E-state index in [2.05, 4.69) is 54.0 Å². The number of nitrogens with zero attached hydrogens (tertiary/aromatic N) is 2. The molecule has 0 N–H and O–H groups in total. The minimum atomic E-state index is 0.135. The number of benzene rings is 1. The molecule has 0 bridgehead atoms. The number of likely N-dealkylation sites (tertiary alicyclic amines) is 1. The maximum absolute atomic E-state index is 12.6. The van der Waals surface area contributed by atoms with Crippen LogP contribution in [0.25, 0.3) is 0 Å². The predicted octanol–water partition coefficient (Wildman–Crippen LogP) is 2.36. The van der Waals surface area contributed by atoms with Crippen LogP contribution in [0, 0.1) is 5.41 Å². The summed E-state index contributed by atoms with van der Waals surface area (Å²) in [4.78, 5) is 17.0. The van der Waals surface area contributed by atoms with Crippen molar-refractivity contribution >= 4 is 5.91 Å². The van der Waals surface area contributed by atoms with Crippen LogP contribution >= 0.6 is 0 Å². The highest BCUT2D eigenvalue weighted by molar-refractivity contribution is 5.77. The number of carbonyl (C=O) groups is 1. The molecule has 2 saturated heterocycles. The monoisotopic (exact) mass is 316 g/mol. The average Bonchev–Trinajstić information content (AvgIpc) is 2.90. The van der Waals surface area contributed by atoms with E-state index in [1.807, 2.05) is 0 Å². The molecule has 2 aliphatic heterocycles. The summed E-state index contributed by atoms with van der Waals surface area (Å²) in [5, 5.41) is 0. The van der Waals surface area contributed by atoms with Crippen LogP contribution in [0.2, 0.25) is 0 Å². The standard InChI is InChI=1S/C19H28N2O2/c1-19(2)15-21(14-17(19)16-6-4-3-5-7-16)18(22)8-9-20-10-12-23-13-11-20/h3-7,17H,8-15H2,1-2H3/t17-/m0/s1. The Balaban J connectivity index is 1.57. The molecule has 1 aromatic carbocycles. The third kappa shape index (κ3) is 3.93. The first-order chi connectivity index (χ1) is 11.1. The van der Waals surface area contributed by atoms with Gasteiger partial charge in [0.05, 0.1) is 13.2 Å². The van der Waals surface area contributed by atoms with E-state index < -0.39 is 0 Å². The van der Waals surface area contributed by atoms with Crippen LogP contribution in [-0.4, -0.2) is 61.6 Å². The van der Waals surface area contributed by atoms with E-state index in [0.717, 1.165) is 45.9 Å². The lowest BCUT2D eigenvalue weighted by Crippen LogP contribution is -2.39. The summed E-state index contributed by atoms with van der Waals surface area (Å²) in [5.74, 6) is 0.721. The zero-order valence-corrected chi connectivity index (χ0v) is 14.3. The summed E-state index contributed by atoms with van der Waals surface area (Å²) < 4.78 is 5.36. The summed E-state index contributed by atoms with van der Waals surface area (Å²) in [6.45, 7) is 10.6. The van der Waals surface area contributed by atoms with Crippen LogP contribution in [0.1, 0.15) is 31.7 Å². The maximum atomic E-state index is 12.6. The van der Waals surface area contributed by atoms with Crippen molar-refractivity contribution in [3.63, 3.8) is 0 Å². The van der Waals surface area contributed by atoms with Crippen molar-refractivity contribution < 1.29 is 9.53 Å². The Bertz CT molecular complexity index is 523. The van der Waals surface area contributed by atoms with Gasteiger partial charge in [-0.15, -0.1) is 0 Å². The minimum absolute atomic E-state index is 0.135. The zero-order chi connectivity index (χ0) is 16.3. The van der Waals surface area contributed by atoms with E-state index in [-0.39, 0.29) is 5.41 Å². The van der Waals surface area contributed by atoms with Gasteiger partial charge in [0.25, 0.3) is 0 Å². The highest BCUT2D eigenvalue weighted by Crippen LogP contribution is 2.42. The fourth-order valence-electron chi connectivity index (χ4n) is 3.80. The molecular formula is C19H28N2O2. The molecule has 1 atom stereocenters. The summed E-state index contributed by atoms with van der Waals surface area (Å²) in [5.41, 5.74) is 1.48. The number of carbonyl (C=O) groups excluding carboxylic acids is 1. The van der Waals surface area contributed by atoms with Gasteiger partial charge in [0.15, 0.2) is 0 Å². The molecule has 126 valence electrons. The highest BCUT2D eigenvalue weighted by atomic mass is 16.5. The normalized spacial score (nSPS) is 24.8. The first kappa shape index (κ1) is 16.5. The number of amides is 1. The van der Waals surface area contributed by atoms with Gasteiger partial charge in [-0.05, 0) is 11.0 Å². The molecule has 1 amide bonds. The Kier molecular flexibility index (Phi) is 5.02. The van der Waals surface area contributed by atoms with Crippen LogP contribution in [-0.2, 0) is 9.53 Å². The quantitative estimate of drug-likeness (QED) is 0.855. The first-order valence-corrected chi connectivity index (χ1v) is 8.69. The summed E-state index contributed by atoms with van der Waals surface area (Å²) in [6.07, 6.45) is 0.623. The molecule has 0 saturated carbocycles. The van der Waals surface area contributed by atoms with Crippen molar-refractivity contribution in [2.45, 2.75) is 26.2 Å². The van der Waals surface area contributed by atoms with Crippen molar-refractivity contribution in [1.82, 2.24) is 9.80 Å². The van der Waals surface area contributed by atoms with E-state index in [1.165, 1.54) is 5.56 Å². The predicted molar refractivity (Wildman–Crippen MR) is 91.4 cm³/mol. The van der Waals surface area contributed by atoms with Crippen LogP contribution in [0.15, 0.2) is 30.3 Å². The lowest BCUT2D eigenvalue weighted by atomic mass is 9.78. The summed E-state index contributed by atoms with van der Waals surface area (Å²) in [7, 11) is 0. The molecule has 4 nitrogen and oxygen atoms in total. The highest BCUT2D eigenvalue weighted by Gasteiger charge is 2.41. The largest absolute Gasteiger partial charge is 0.379 e. The Morgan fingerprint density at radius 2 is 1.91 bits per heavy atom. The molecule has 2 heterocycles. The molecule has 0 radical (unpaired) electrons. The number of rotatable bonds is 4. The van der Waals surface area contributed by atoms with Gasteiger partial charge in [0, 0.05) is 45.1 Å². The lowest BCUT2D eigenvalue weighted by molar-refractivity contribution is -0.131. The van der Waals surface area contributed by atoms with Crippen LogP contribution in [0.3, 0.4) is 0 Å². The second-order valence-corrected chi connectivity index (χ2v) is 7.43. The zero-order valence-electron chi connectivity index (χ0n) is 14.3. The molecule has 2 fully saturated rings. The Hall–Kier alpha value is -1.39. The smallest absolute Gasteiger partial charge is 0.223 e. The lowest BCUT2D eigenvalue weighted by Gasteiger charge is -2.27. The fourth-order valence-corrected chi connectivity index (χ4v) is 3.80. The van der Waals surface area contributed by atoms with Crippen LogP contribution < -0.4 is 0 Å². The van der Waals surface area contributed by atoms with Crippen molar-refractivity contribution in [3.8, 4) is 0 Å². The van der Waals surface area contributed by atoms with E-state index in [9.17, 15) is 4.79 Å². The third-order valence-corrected chi connectivity index (χ3v) is 5.24. The molecule has 3 rings (SSSR count). The van der Waals surface area contributed by atoms with Gasteiger partial charge in [-0.1, -0.05) is 44.2 Å². The van der Waals surface area contributed by atoms with Gasteiger partial charge >= 0.3 is 0 Å². The molecule has 4 heteroatoms. The Morgan fingerprint density at radius 1 is 1.22 bits per heavy atom. The number of morpholine rings is 1. The number of hydrogen-bond donors (Lipinski definition) is 0. The topological polar surface area (TPSA) is 32.8 Å². The number of ether oxygens (including phenoxy) is 1. The molecule has 0 spiro atoms. The minimum Gasteiger partial charge on any atom is -0.379 e. The van der Waals surface area contributed by atoms with Crippen LogP contribution in [0.5, 0.6) is 0 Å². The van der Waals surface area contributed by atoms with Gasteiger partial charge in [-0.3, -0.25) is 9.69 Å². The van der Waals surface area contributed by atoms with Gasteiger partial charge in [-0.2, -0.15) is 0 Å². The third-order valence-electron chi connectivity index (χ3n) is 5.24. The molecule has 23 heavy (non-hydrogen) atoms. The summed E-state index contributed by atoms with van der Waals surface area (Å²) in [6, 6.07) is 10.6.